The van der Waals surface area contributed by atoms with Gasteiger partial charge in [0.25, 0.3) is 0 Å². The molecule has 0 radical (unpaired) electrons. The first kappa shape index (κ1) is 13.2. The van der Waals surface area contributed by atoms with Gasteiger partial charge in [0.05, 0.1) is 12.7 Å². The molecule has 1 atom stereocenters. The molecular weight excluding hydrogens is 230 g/mol. The summed E-state index contributed by atoms with van der Waals surface area (Å²) in [5.74, 6) is 0.647. The minimum atomic E-state index is 0.102. The number of ether oxygens (including phenoxy) is 1. The standard InChI is InChI=1S/C13H21N3O2/c1-2-3-7-16-14-9-12(15-16)13(17)5-4-11-6-8-18-10-11/h9,11H,2-8,10H2,1H3. The van der Waals surface area contributed by atoms with Crippen LogP contribution in [-0.4, -0.2) is 34.0 Å². The summed E-state index contributed by atoms with van der Waals surface area (Å²) in [6, 6.07) is 0. The summed E-state index contributed by atoms with van der Waals surface area (Å²) in [5, 5.41) is 8.33. The molecule has 1 aliphatic heterocycles. The van der Waals surface area contributed by atoms with Crippen molar-refractivity contribution in [3.8, 4) is 0 Å². The fourth-order valence-electron chi connectivity index (χ4n) is 2.11. The molecule has 0 aromatic carbocycles. The molecule has 0 bridgehead atoms. The zero-order valence-electron chi connectivity index (χ0n) is 11.0. The van der Waals surface area contributed by atoms with Crippen LogP contribution in [0.25, 0.3) is 0 Å². The van der Waals surface area contributed by atoms with Gasteiger partial charge in [-0.15, -0.1) is 0 Å². The van der Waals surface area contributed by atoms with Crippen molar-refractivity contribution in [3.63, 3.8) is 0 Å². The number of aryl methyl sites for hydroxylation is 1. The zero-order valence-corrected chi connectivity index (χ0v) is 11.0. The highest BCUT2D eigenvalue weighted by atomic mass is 16.5. The predicted octanol–water partition coefficient (Wildman–Crippen LogP) is 2.08. The molecule has 0 spiro atoms. The summed E-state index contributed by atoms with van der Waals surface area (Å²) < 4.78 is 5.30. The van der Waals surface area contributed by atoms with Crippen LogP contribution in [-0.2, 0) is 11.3 Å². The maximum Gasteiger partial charge on any atom is 0.184 e. The van der Waals surface area contributed by atoms with Gasteiger partial charge in [-0.2, -0.15) is 15.0 Å². The minimum Gasteiger partial charge on any atom is -0.381 e. The van der Waals surface area contributed by atoms with E-state index >= 15 is 0 Å². The van der Waals surface area contributed by atoms with Gasteiger partial charge in [0.1, 0.15) is 5.69 Å². The normalized spacial score (nSPS) is 19.3. The van der Waals surface area contributed by atoms with E-state index in [1.165, 1.54) is 0 Å². The summed E-state index contributed by atoms with van der Waals surface area (Å²) >= 11 is 0. The monoisotopic (exact) mass is 251 g/mol. The average molecular weight is 251 g/mol. The van der Waals surface area contributed by atoms with Crippen LogP contribution in [0.15, 0.2) is 6.20 Å². The van der Waals surface area contributed by atoms with Crippen LogP contribution in [0.4, 0.5) is 0 Å². The fourth-order valence-corrected chi connectivity index (χ4v) is 2.11. The topological polar surface area (TPSA) is 57.0 Å². The van der Waals surface area contributed by atoms with Gasteiger partial charge in [0, 0.05) is 19.6 Å². The largest absolute Gasteiger partial charge is 0.381 e. The van der Waals surface area contributed by atoms with Gasteiger partial charge < -0.3 is 4.74 Å². The summed E-state index contributed by atoms with van der Waals surface area (Å²) in [6.07, 6.45) is 6.27. The molecule has 0 saturated carbocycles. The lowest BCUT2D eigenvalue weighted by Crippen LogP contribution is -2.07. The van der Waals surface area contributed by atoms with Crippen molar-refractivity contribution in [1.29, 1.82) is 0 Å². The number of nitrogens with zero attached hydrogens (tertiary/aromatic N) is 3. The highest BCUT2D eigenvalue weighted by Crippen LogP contribution is 2.18. The Kier molecular flexibility index (Phi) is 4.87. The molecule has 2 heterocycles. The molecule has 1 aromatic rings. The minimum absolute atomic E-state index is 0.102. The highest BCUT2D eigenvalue weighted by molar-refractivity contribution is 5.93. The molecule has 2 rings (SSSR count). The summed E-state index contributed by atoms with van der Waals surface area (Å²) in [7, 11) is 0. The van der Waals surface area contributed by atoms with Crippen molar-refractivity contribution < 1.29 is 9.53 Å². The lowest BCUT2D eigenvalue weighted by atomic mass is 10.0. The molecule has 1 fully saturated rings. The van der Waals surface area contributed by atoms with Crippen molar-refractivity contribution in [3.05, 3.63) is 11.9 Å². The number of rotatable bonds is 7. The van der Waals surface area contributed by atoms with E-state index in [2.05, 4.69) is 17.1 Å². The molecule has 0 N–H and O–H groups in total. The number of hydrogen-bond acceptors (Lipinski definition) is 4. The fraction of sp³-hybridized carbons (Fsp3) is 0.769. The maximum atomic E-state index is 11.9. The molecule has 1 aromatic heterocycles. The third-order valence-corrected chi connectivity index (χ3v) is 3.34. The summed E-state index contributed by atoms with van der Waals surface area (Å²) in [6.45, 7) is 4.56. The first-order valence-electron chi connectivity index (χ1n) is 6.80. The van der Waals surface area contributed by atoms with E-state index in [-0.39, 0.29) is 5.78 Å². The zero-order chi connectivity index (χ0) is 12.8. The third kappa shape index (κ3) is 3.63. The van der Waals surface area contributed by atoms with Gasteiger partial charge in [0.15, 0.2) is 5.78 Å². The molecule has 1 aliphatic rings. The van der Waals surface area contributed by atoms with E-state index in [0.717, 1.165) is 45.4 Å². The number of carbonyl (C=O) groups excluding carboxylic acids is 1. The molecule has 5 nitrogen and oxygen atoms in total. The van der Waals surface area contributed by atoms with Gasteiger partial charge in [-0.1, -0.05) is 13.3 Å². The molecule has 0 amide bonds. The number of carbonyl (C=O) groups is 1. The smallest absolute Gasteiger partial charge is 0.184 e. The Hall–Kier alpha value is -1.23. The maximum absolute atomic E-state index is 11.9. The molecule has 1 saturated heterocycles. The molecule has 100 valence electrons. The van der Waals surface area contributed by atoms with E-state index in [0.29, 0.717) is 18.0 Å². The molecule has 1 unspecified atom stereocenters. The molecular formula is C13H21N3O2. The number of aromatic nitrogens is 3. The SMILES string of the molecule is CCCCn1ncc(C(=O)CCC2CCOC2)n1. The quantitative estimate of drug-likeness (QED) is 0.696. The predicted molar refractivity (Wildman–Crippen MR) is 67.4 cm³/mol. The Morgan fingerprint density at radius 3 is 3.22 bits per heavy atom. The second-order valence-electron chi connectivity index (χ2n) is 4.87. The number of hydrogen-bond donors (Lipinski definition) is 0. The van der Waals surface area contributed by atoms with Gasteiger partial charge in [-0.05, 0) is 25.2 Å². The van der Waals surface area contributed by atoms with E-state index < -0.39 is 0 Å². The average Bonchev–Trinajstić information content (AvgIpc) is 3.04. The summed E-state index contributed by atoms with van der Waals surface area (Å²) in [5.41, 5.74) is 0.505. The van der Waals surface area contributed by atoms with Crippen molar-refractivity contribution in [2.75, 3.05) is 13.2 Å². The molecule has 0 aliphatic carbocycles. The first-order chi connectivity index (χ1) is 8.79. The van der Waals surface area contributed by atoms with Gasteiger partial charge in [0.2, 0.25) is 0 Å². The lowest BCUT2D eigenvalue weighted by molar-refractivity contribution is 0.0965. The van der Waals surface area contributed by atoms with Crippen LogP contribution in [0.1, 0.15) is 49.5 Å². The van der Waals surface area contributed by atoms with E-state index in [1.54, 1.807) is 11.0 Å². The Bertz CT molecular complexity index is 383. The van der Waals surface area contributed by atoms with Crippen LogP contribution in [0.2, 0.25) is 0 Å². The Morgan fingerprint density at radius 2 is 2.50 bits per heavy atom. The van der Waals surface area contributed by atoms with Crippen LogP contribution in [0.5, 0.6) is 0 Å². The first-order valence-corrected chi connectivity index (χ1v) is 6.80. The lowest BCUT2D eigenvalue weighted by Gasteiger charge is -2.04. The van der Waals surface area contributed by atoms with Crippen LogP contribution in [0, 0.1) is 5.92 Å². The van der Waals surface area contributed by atoms with Crippen molar-refractivity contribution in [1.82, 2.24) is 15.0 Å². The number of unbranched alkanes of at least 4 members (excludes halogenated alkanes) is 1. The van der Waals surface area contributed by atoms with Crippen LogP contribution >= 0.6 is 0 Å². The van der Waals surface area contributed by atoms with E-state index in [1.807, 2.05) is 0 Å². The van der Waals surface area contributed by atoms with Crippen LogP contribution in [0.3, 0.4) is 0 Å². The number of Topliss-reactive ketones (excluding diaryl/α,β-unsaturated/α-hetero) is 1. The summed E-state index contributed by atoms with van der Waals surface area (Å²) in [4.78, 5) is 13.6. The molecule has 18 heavy (non-hydrogen) atoms. The van der Waals surface area contributed by atoms with Gasteiger partial charge in [-0.3, -0.25) is 4.79 Å². The van der Waals surface area contributed by atoms with Gasteiger partial charge in [-0.25, -0.2) is 0 Å². The van der Waals surface area contributed by atoms with Gasteiger partial charge >= 0.3 is 0 Å². The van der Waals surface area contributed by atoms with E-state index in [4.69, 9.17) is 4.74 Å². The van der Waals surface area contributed by atoms with Crippen molar-refractivity contribution in [2.45, 2.75) is 45.6 Å². The molecule has 5 heteroatoms. The Balaban J connectivity index is 1.78. The van der Waals surface area contributed by atoms with Crippen LogP contribution < -0.4 is 0 Å². The second-order valence-corrected chi connectivity index (χ2v) is 4.87. The highest BCUT2D eigenvalue weighted by Gasteiger charge is 2.18. The third-order valence-electron chi connectivity index (χ3n) is 3.34. The van der Waals surface area contributed by atoms with E-state index in [9.17, 15) is 4.79 Å². The second kappa shape index (κ2) is 6.64. The van der Waals surface area contributed by atoms with Crippen molar-refractivity contribution >= 4 is 5.78 Å². The Morgan fingerprint density at radius 1 is 1.61 bits per heavy atom. The van der Waals surface area contributed by atoms with Crippen molar-refractivity contribution in [2.24, 2.45) is 5.92 Å². The number of ketones is 1. The Labute approximate surface area is 108 Å².